The van der Waals surface area contributed by atoms with Gasteiger partial charge in [0.2, 0.25) is 5.91 Å². The van der Waals surface area contributed by atoms with Crippen molar-refractivity contribution >= 4 is 5.91 Å². The van der Waals surface area contributed by atoms with Crippen LogP contribution in [0.15, 0.2) is 146 Å². The van der Waals surface area contributed by atoms with Crippen molar-refractivity contribution in [3.63, 3.8) is 0 Å². The predicted molar refractivity (Wildman–Crippen MR) is 401 cm³/mol. The number of rotatable bonds is 58. The van der Waals surface area contributed by atoms with Gasteiger partial charge >= 0.3 is 0 Å². The van der Waals surface area contributed by atoms with E-state index in [2.05, 4.69) is 153 Å². The minimum absolute atomic E-state index is 0.199. The molecule has 19 heteroatoms. The average molecular weight is 1420 g/mol. The van der Waals surface area contributed by atoms with Crippen LogP contribution in [0.1, 0.15) is 232 Å². The van der Waals surface area contributed by atoms with Gasteiger partial charge in [-0.05, 0) is 116 Å². The SMILES string of the molecule is CC/C=C\C/C=C\C/C=C\C/C=C\C/C=C\C/C=C\C/C=C\C/C=C\C/C=C\CCCCCCCC(=O)NC(COC1OC(CO)C(OC2OC(CO)C(OC3OC(CO)C(O)C(O)C3O)C(O)C2O)C(O)C1O)C(O)/C=C/CC/C=C/CC/C=C/CCCCCCCCCCCCCCC. The Labute approximate surface area is 606 Å². The second-order valence-corrected chi connectivity index (χ2v) is 26.7. The van der Waals surface area contributed by atoms with Crippen LogP contribution in [-0.4, -0.2) is 193 Å². The lowest BCUT2D eigenvalue weighted by Gasteiger charge is -2.48. The normalized spacial score (nSPS) is 27.2. The Morgan fingerprint density at radius 3 is 1.11 bits per heavy atom. The topological polar surface area (TPSA) is 307 Å². The van der Waals surface area contributed by atoms with Gasteiger partial charge in [0, 0.05) is 6.42 Å². The van der Waals surface area contributed by atoms with Gasteiger partial charge in [-0.2, -0.15) is 0 Å². The maximum Gasteiger partial charge on any atom is 0.220 e. The summed E-state index contributed by atoms with van der Waals surface area (Å²) in [6.07, 6.45) is 61.0. The zero-order valence-electron chi connectivity index (χ0n) is 61.3. The van der Waals surface area contributed by atoms with Crippen molar-refractivity contribution in [1.29, 1.82) is 0 Å². The van der Waals surface area contributed by atoms with Crippen molar-refractivity contribution in [2.24, 2.45) is 0 Å². The molecule has 0 aliphatic carbocycles. The first-order chi connectivity index (χ1) is 49.3. The fraction of sp³-hybridized carbons (Fsp3) is 0.695. The third-order valence-corrected chi connectivity index (χ3v) is 18.1. The Hall–Kier alpha value is -4.33. The van der Waals surface area contributed by atoms with Gasteiger partial charge in [-0.25, -0.2) is 0 Å². The molecule has 3 aliphatic rings. The maximum absolute atomic E-state index is 13.5. The summed E-state index contributed by atoms with van der Waals surface area (Å²) in [6, 6.07) is -1.02. The van der Waals surface area contributed by atoms with E-state index in [0.717, 1.165) is 116 Å². The summed E-state index contributed by atoms with van der Waals surface area (Å²) in [6.45, 7) is 1.57. The van der Waals surface area contributed by atoms with Gasteiger partial charge in [0.15, 0.2) is 18.9 Å². The smallest absolute Gasteiger partial charge is 0.220 e. The Balaban J connectivity index is 1.42. The van der Waals surface area contributed by atoms with E-state index < -0.39 is 124 Å². The Morgan fingerprint density at radius 2 is 0.693 bits per heavy atom. The first kappa shape index (κ1) is 90.9. The molecule has 0 aromatic rings. The van der Waals surface area contributed by atoms with Gasteiger partial charge in [0.1, 0.15) is 73.2 Å². The lowest BCUT2D eigenvalue weighted by Crippen LogP contribution is -2.66. The molecule has 576 valence electrons. The molecule has 0 saturated carbocycles. The molecule has 0 spiro atoms. The largest absolute Gasteiger partial charge is 0.394 e. The van der Waals surface area contributed by atoms with E-state index >= 15 is 0 Å². The zero-order valence-corrected chi connectivity index (χ0v) is 61.3. The molecule has 101 heavy (non-hydrogen) atoms. The molecule has 19 nitrogen and oxygen atoms in total. The van der Waals surface area contributed by atoms with E-state index in [4.69, 9.17) is 28.4 Å². The fourth-order valence-electron chi connectivity index (χ4n) is 11.9. The van der Waals surface area contributed by atoms with Crippen LogP contribution in [-0.2, 0) is 33.2 Å². The summed E-state index contributed by atoms with van der Waals surface area (Å²) in [4.78, 5) is 13.5. The van der Waals surface area contributed by atoms with Gasteiger partial charge < -0.3 is 89.9 Å². The molecule has 0 aromatic heterocycles. The average Bonchev–Trinajstić information content (AvgIpc) is 0.783. The number of carbonyl (C=O) groups is 1. The highest BCUT2D eigenvalue weighted by molar-refractivity contribution is 5.76. The quantitative estimate of drug-likeness (QED) is 0.0199. The number of aliphatic hydroxyl groups excluding tert-OH is 11. The second kappa shape index (κ2) is 60.9. The van der Waals surface area contributed by atoms with Gasteiger partial charge in [0.05, 0.1) is 38.6 Å². The maximum atomic E-state index is 13.5. The number of hydrogen-bond donors (Lipinski definition) is 12. The molecule has 3 rings (SSSR count). The van der Waals surface area contributed by atoms with Crippen LogP contribution in [0.3, 0.4) is 0 Å². The standard InChI is InChI=1S/C82H135NO18/c1-3-5-7-9-11-13-15-17-19-21-23-25-27-28-29-30-31-32-33-34-35-36-38-40-42-44-46-48-50-52-54-56-58-60-70(88)83-65(66(87)59-57-55-53-51-49-47-45-43-41-39-37-26-24-22-20-18-16-14-12-10-8-6-4-2)64-96-80-76(94)73(91)78(68(62-85)98-80)101-82-77(95)74(92)79(69(63-86)99-82)100-81-75(93)72(90)71(89)67(61-84)97-81/h5,7,11,13,17,19,23,25,28-29,31-32,34-35,38,40-41,43-44,46,49,51,57,59,65-69,71-82,84-87,89-95H,3-4,6,8-10,12,14-16,18,20-22,24,26-27,30,33,36-37,39,42,45,47-48,50,52-56,58,60-64H2,1-2H3,(H,83,88)/b7-5-,13-11-,19-17-,25-23-,29-28-,32-31-,35-34-,40-38-,43-41+,46-44-,51-49+,59-57+. The number of amides is 1. The van der Waals surface area contributed by atoms with Gasteiger partial charge in [0.25, 0.3) is 0 Å². The molecule has 12 N–H and O–H groups in total. The molecule has 0 aromatic carbocycles. The third kappa shape index (κ3) is 41.2. The van der Waals surface area contributed by atoms with Crippen molar-refractivity contribution in [2.75, 3.05) is 26.4 Å². The molecule has 17 atom stereocenters. The number of hydrogen-bond acceptors (Lipinski definition) is 18. The van der Waals surface area contributed by atoms with E-state index in [1.807, 2.05) is 6.08 Å². The lowest BCUT2D eigenvalue weighted by atomic mass is 9.96. The minimum Gasteiger partial charge on any atom is -0.394 e. The van der Waals surface area contributed by atoms with E-state index in [1.165, 1.54) is 83.5 Å². The first-order valence-electron chi connectivity index (χ1n) is 38.6. The molecule has 3 fully saturated rings. The monoisotopic (exact) mass is 1420 g/mol. The lowest BCUT2D eigenvalue weighted by molar-refractivity contribution is -0.379. The second-order valence-electron chi connectivity index (χ2n) is 26.7. The van der Waals surface area contributed by atoms with Crippen LogP contribution in [0, 0.1) is 0 Å². The molecule has 3 aliphatic heterocycles. The molecule has 1 amide bonds. The van der Waals surface area contributed by atoms with Crippen molar-refractivity contribution in [3.05, 3.63) is 146 Å². The van der Waals surface area contributed by atoms with Crippen molar-refractivity contribution < 1.29 is 89.4 Å². The van der Waals surface area contributed by atoms with Crippen LogP contribution in [0.5, 0.6) is 0 Å². The van der Waals surface area contributed by atoms with E-state index in [0.29, 0.717) is 12.8 Å². The molecule has 3 heterocycles. The van der Waals surface area contributed by atoms with Crippen LogP contribution in [0.4, 0.5) is 0 Å². The van der Waals surface area contributed by atoms with E-state index in [9.17, 15) is 61.0 Å². The third-order valence-electron chi connectivity index (χ3n) is 18.1. The number of allylic oxidation sites excluding steroid dienone is 23. The number of nitrogens with one attached hydrogen (secondary N) is 1. The molecule has 0 radical (unpaired) electrons. The minimum atomic E-state index is -1.99. The zero-order chi connectivity index (χ0) is 73.2. The summed E-state index contributed by atoms with van der Waals surface area (Å²) in [5.41, 5.74) is 0. The molecule has 3 saturated heterocycles. The Morgan fingerprint density at radius 1 is 0.366 bits per heavy atom. The summed E-state index contributed by atoms with van der Waals surface area (Å²) < 4.78 is 34.4. The highest BCUT2D eigenvalue weighted by atomic mass is 16.8. The van der Waals surface area contributed by atoms with Gasteiger partial charge in [-0.3, -0.25) is 4.79 Å². The highest BCUT2D eigenvalue weighted by Gasteiger charge is 2.53. The van der Waals surface area contributed by atoms with Crippen LogP contribution >= 0.6 is 0 Å². The number of aliphatic hydroxyl groups is 11. The Bertz CT molecular complexity index is 2400. The first-order valence-corrected chi connectivity index (χ1v) is 38.6. The summed E-state index contributed by atoms with van der Waals surface area (Å²) in [5.74, 6) is -0.314. The summed E-state index contributed by atoms with van der Waals surface area (Å²) in [7, 11) is 0. The highest BCUT2D eigenvalue weighted by Crippen LogP contribution is 2.33. The van der Waals surface area contributed by atoms with E-state index in [1.54, 1.807) is 6.08 Å². The molecule has 17 unspecified atom stereocenters. The van der Waals surface area contributed by atoms with Gasteiger partial charge in [-0.1, -0.05) is 256 Å². The molecular weight excluding hydrogens is 1290 g/mol. The summed E-state index contributed by atoms with van der Waals surface area (Å²) >= 11 is 0. The number of unbranched alkanes of at least 4 members (excludes halogenated alkanes) is 20. The number of ether oxygens (including phenoxy) is 6. The predicted octanol–water partition coefficient (Wildman–Crippen LogP) is 12.3. The van der Waals surface area contributed by atoms with Crippen LogP contribution < -0.4 is 5.32 Å². The van der Waals surface area contributed by atoms with Crippen molar-refractivity contribution in [3.8, 4) is 0 Å². The van der Waals surface area contributed by atoms with Gasteiger partial charge in [-0.15, -0.1) is 0 Å². The Kier molecular flexibility index (Phi) is 54.8. The molecular formula is C82H135NO18. The van der Waals surface area contributed by atoms with Crippen LogP contribution in [0.2, 0.25) is 0 Å². The molecule has 0 bridgehead atoms. The summed E-state index contributed by atoms with van der Waals surface area (Å²) in [5, 5.41) is 121. The number of carbonyl (C=O) groups excluding carboxylic acids is 1. The van der Waals surface area contributed by atoms with Crippen molar-refractivity contribution in [2.45, 2.75) is 336 Å². The van der Waals surface area contributed by atoms with Crippen molar-refractivity contribution in [1.82, 2.24) is 5.32 Å². The van der Waals surface area contributed by atoms with Crippen LogP contribution in [0.25, 0.3) is 0 Å². The fourth-order valence-corrected chi connectivity index (χ4v) is 11.9. The van der Waals surface area contributed by atoms with E-state index in [-0.39, 0.29) is 18.9 Å².